The van der Waals surface area contributed by atoms with E-state index in [-0.39, 0.29) is 43.9 Å². The van der Waals surface area contributed by atoms with Gasteiger partial charge in [0.1, 0.15) is 18.2 Å². The highest BCUT2D eigenvalue weighted by molar-refractivity contribution is 6.05. The number of carbonyl (C=O) groups is 4. The molecule has 0 unspecified atom stereocenters. The lowest BCUT2D eigenvalue weighted by Crippen LogP contribution is -2.56. The van der Waals surface area contributed by atoms with Crippen molar-refractivity contribution >= 4 is 35.1 Å². The summed E-state index contributed by atoms with van der Waals surface area (Å²) in [5, 5.41) is 12.4. The molecule has 5 rings (SSSR count). The number of amides is 3. The molecule has 3 aliphatic rings. The molecule has 3 aliphatic heterocycles. The van der Waals surface area contributed by atoms with E-state index in [4.69, 9.17) is 9.47 Å². The first kappa shape index (κ1) is 39.7. The van der Waals surface area contributed by atoms with Gasteiger partial charge in [0.25, 0.3) is 5.91 Å². The minimum atomic E-state index is -1.17. The number of hydrogen-bond acceptors (Lipinski definition) is 8. The minimum absolute atomic E-state index is 0.0711. The van der Waals surface area contributed by atoms with Gasteiger partial charge in [0.2, 0.25) is 11.8 Å². The van der Waals surface area contributed by atoms with Crippen molar-refractivity contribution in [3.8, 4) is 0 Å². The van der Waals surface area contributed by atoms with Crippen LogP contribution in [0.2, 0.25) is 0 Å². The van der Waals surface area contributed by atoms with E-state index in [1.165, 1.54) is 0 Å². The maximum absolute atomic E-state index is 15.0. The highest BCUT2D eigenvalue weighted by Crippen LogP contribution is 2.58. The third-order valence-electron chi connectivity index (χ3n) is 11.0. The van der Waals surface area contributed by atoms with Gasteiger partial charge in [0.05, 0.1) is 24.0 Å². The van der Waals surface area contributed by atoms with Crippen LogP contribution in [0.1, 0.15) is 76.8 Å². The molecule has 11 heteroatoms. The summed E-state index contributed by atoms with van der Waals surface area (Å²) in [7, 11) is 0. The van der Waals surface area contributed by atoms with E-state index in [0.717, 1.165) is 37.2 Å². The Morgan fingerprint density at radius 1 is 1.02 bits per heavy atom. The lowest BCUT2D eigenvalue weighted by molar-refractivity contribution is -0.146. The molecule has 3 saturated heterocycles. The first-order valence-corrected chi connectivity index (χ1v) is 19.2. The van der Waals surface area contributed by atoms with Crippen LogP contribution in [0.25, 0.3) is 0 Å². The van der Waals surface area contributed by atoms with Crippen LogP contribution in [0.5, 0.6) is 0 Å². The van der Waals surface area contributed by atoms with Gasteiger partial charge in [-0.1, -0.05) is 55.3 Å². The van der Waals surface area contributed by atoms with Crippen LogP contribution in [0, 0.1) is 11.8 Å². The molecule has 0 aromatic heterocycles. The van der Waals surface area contributed by atoms with Crippen LogP contribution in [-0.2, 0) is 28.7 Å². The van der Waals surface area contributed by atoms with E-state index in [1.54, 1.807) is 22.0 Å². The maximum atomic E-state index is 15.0. The van der Waals surface area contributed by atoms with Crippen molar-refractivity contribution in [2.24, 2.45) is 11.8 Å². The summed E-state index contributed by atoms with van der Waals surface area (Å²) in [4.78, 5) is 62.0. The summed E-state index contributed by atoms with van der Waals surface area (Å²) in [5.74, 6) is -2.95. The normalized spacial score (nSPS) is 23.3. The second kappa shape index (κ2) is 18.5. The molecule has 1 spiro atoms. The monoisotopic (exact) mass is 728 g/mol. The summed E-state index contributed by atoms with van der Waals surface area (Å²) >= 11 is 0. The van der Waals surface area contributed by atoms with Crippen molar-refractivity contribution < 1.29 is 33.8 Å². The van der Waals surface area contributed by atoms with E-state index >= 15 is 0 Å². The third-order valence-corrected chi connectivity index (χ3v) is 11.0. The van der Waals surface area contributed by atoms with Gasteiger partial charge in [-0.15, -0.1) is 13.2 Å². The van der Waals surface area contributed by atoms with E-state index in [2.05, 4.69) is 37.2 Å². The van der Waals surface area contributed by atoms with Gasteiger partial charge in [-0.3, -0.25) is 19.2 Å². The van der Waals surface area contributed by atoms with Crippen LogP contribution in [0.15, 0.2) is 79.9 Å². The van der Waals surface area contributed by atoms with Gasteiger partial charge in [-0.2, -0.15) is 0 Å². The van der Waals surface area contributed by atoms with Crippen LogP contribution >= 0.6 is 0 Å². The molecule has 0 aliphatic carbocycles. The summed E-state index contributed by atoms with van der Waals surface area (Å²) in [6.45, 7) is 14.1. The zero-order chi connectivity index (χ0) is 38.0. The average molecular weight is 729 g/mol. The van der Waals surface area contributed by atoms with Gasteiger partial charge in [-0.05, 0) is 75.8 Å². The minimum Gasteiger partial charge on any atom is -0.463 e. The number of allylic oxidation sites excluding steroid dienone is 1. The number of fused-ring (bicyclic) bond motifs is 1. The molecular formula is C42H56N4O7. The molecule has 6 atom stereocenters. The smallest absolute Gasteiger partial charge is 0.306 e. The van der Waals surface area contributed by atoms with Gasteiger partial charge >= 0.3 is 5.97 Å². The first-order chi connectivity index (χ1) is 25.7. The quantitative estimate of drug-likeness (QED) is 0.100. The van der Waals surface area contributed by atoms with Gasteiger partial charge < -0.3 is 34.6 Å². The first-order valence-electron chi connectivity index (χ1n) is 19.2. The Bertz CT molecular complexity index is 1580. The lowest BCUT2D eigenvalue weighted by Gasteiger charge is -2.37. The van der Waals surface area contributed by atoms with Crippen LogP contribution in [-0.4, -0.2) is 90.8 Å². The highest BCUT2D eigenvalue weighted by Gasteiger charge is 2.74. The number of carbonyl (C=O) groups excluding carboxylic acids is 4. The van der Waals surface area contributed by atoms with Crippen molar-refractivity contribution in [3.63, 3.8) is 0 Å². The Morgan fingerprint density at radius 2 is 1.72 bits per heavy atom. The highest BCUT2D eigenvalue weighted by atomic mass is 16.5. The number of esters is 1. The fourth-order valence-corrected chi connectivity index (χ4v) is 8.40. The molecule has 3 heterocycles. The second-order valence-corrected chi connectivity index (χ2v) is 14.1. The van der Waals surface area contributed by atoms with Crippen molar-refractivity contribution in [1.82, 2.24) is 10.2 Å². The van der Waals surface area contributed by atoms with E-state index in [9.17, 15) is 24.3 Å². The SMILES string of the molecule is C=CCCC(=O)OC[C@@H](NC(=O)[C@@H]1[C@H]2C(=O)N(CCCCCCO)[C@H](C(=O)N(CC=C)c3ccc(N(CC)CC)cc3)[C@]23CC[C@H]1O3)c1ccccc1. The van der Waals surface area contributed by atoms with Crippen molar-refractivity contribution in [1.29, 1.82) is 0 Å². The van der Waals surface area contributed by atoms with Crippen molar-refractivity contribution in [2.45, 2.75) is 89.0 Å². The van der Waals surface area contributed by atoms with E-state index < -0.39 is 41.6 Å². The number of anilines is 2. The number of benzene rings is 2. The summed E-state index contributed by atoms with van der Waals surface area (Å²) in [6.07, 6.45) is 7.35. The maximum Gasteiger partial charge on any atom is 0.306 e. The number of hydrogen-bond donors (Lipinski definition) is 2. The lowest BCUT2D eigenvalue weighted by atomic mass is 9.70. The number of likely N-dealkylation sites (tertiary alicyclic amines) is 1. The molecule has 286 valence electrons. The number of aliphatic hydroxyl groups excluding tert-OH is 1. The van der Waals surface area contributed by atoms with Gasteiger partial charge in [0.15, 0.2) is 0 Å². The fourth-order valence-electron chi connectivity index (χ4n) is 8.40. The Hall–Kier alpha value is -4.48. The Balaban J connectivity index is 1.44. The zero-order valence-electron chi connectivity index (χ0n) is 31.3. The second-order valence-electron chi connectivity index (χ2n) is 14.1. The Morgan fingerprint density at radius 3 is 2.38 bits per heavy atom. The zero-order valence-corrected chi connectivity index (χ0v) is 31.3. The molecular weight excluding hydrogens is 672 g/mol. The molecule has 2 N–H and O–H groups in total. The van der Waals surface area contributed by atoms with Crippen LogP contribution < -0.4 is 15.1 Å². The van der Waals surface area contributed by atoms with Crippen LogP contribution in [0.3, 0.4) is 0 Å². The van der Waals surface area contributed by atoms with Gasteiger partial charge in [-0.25, -0.2) is 0 Å². The molecule has 0 radical (unpaired) electrons. The largest absolute Gasteiger partial charge is 0.463 e. The predicted octanol–water partition coefficient (Wildman–Crippen LogP) is 5.35. The molecule has 3 amide bonds. The van der Waals surface area contributed by atoms with Crippen molar-refractivity contribution in [3.05, 3.63) is 85.5 Å². The Kier molecular flexibility index (Phi) is 13.9. The molecule has 2 aromatic rings. The molecule has 3 fully saturated rings. The molecule has 2 aromatic carbocycles. The molecule has 0 saturated carbocycles. The Labute approximate surface area is 314 Å². The van der Waals surface area contributed by atoms with E-state index in [0.29, 0.717) is 44.3 Å². The number of nitrogens with one attached hydrogen (secondary N) is 1. The van der Waals surface area contributed by atoms with Gasteiger partial charge in [0, 0.05) is 50.6 Å². The summed E-state index contributed by atoms with van der Waals surface area (Å²) in [6, 6.07) is 15.6. The number of ether oxygens (including phenoxy) is 2. The van der Waals surface area contributed by atoms with Crippen LogP contribution in [0.4, 0.5) is 11.4 Å². The molecule has 53 heavy (non-hydrogen) atoms. The fraction of sp³-hybridized carbons (Fsp3) is 0.524. The molecule has 11 nitrogen and oxygen atoms in total. The standard InChI is InChI=1S/C42H56N4O7/c1-5-9-19-35(48)52-29-33(30-17-13-12-14-18-30)43-39(49)36-34-24-25-42(53-34)37(36)40(50)46(27-15-10-11-16-28-47)38(42)41(51)45(26-6-2)32-22-20-31(21-23-32)44(7-3)8-4/h5-6,12-14,17-18,20-23,33-34,36-38,47H,1-2,7-11,15-16,19,24-29H2,3-4H3,(H,43,49)/t33-,34-,36+,37+,38-,42+/m1/s1. The number of nitrogens with zero attached hydrogens (tertiary/aromatic N) is 3. The topological polar surface area (TPSA) is 129 Å². The summed E-state index contributed by atoms with van der Waals surface area (Å²) in [5.41, 5.74) is 1.33. The van der Waals surface area contributed by atoms with E-state index in [1.807, 2.05) is 54.6 Å². The number of unbranched alkanes of at least 4 members (excludes halogenated alkanes) is 3. The number of rotatable bonds is 21. The predicted molar refractivity (Wildman–Crippen MR) is 205 cm³/mol. The van der Waals surface area contributed by atoms with Crippen molar-refractivity contribution in [2.75, 3.05) is 49.2 Å². The third kappa shape index (κ3) is 8.52. The summed E-state index contributed by atoms with van der Waals surface area (Å²) < 4.78 is 12.3. The molecule has 2 bridgehead atoms. The average Bonchev–Trinajstić information content (AvgIpc) is 3.82. The number of aliphatic hydroxyl groups is 1.